The van der Waals surface area contributed by atoms with Crippen LogP contribution in [-0.4, -0.2) is 35.4 Å². The number of benzene rings is 4. The predicted octanol–water partition coefficient (Wildman–Crippen LogP) is 4.15. The smallest absolute Gasteiger partial charge is 0.348 e. The Hall–Kier alpha value is -6.42. The summed E-state index contributed by atoms with van der Waals surface area (Å²) in [5.41, 5.74) is -4.51. The lowest BCUT2D eigenvalue weighted by atomic mass is 9.83. The van der Waals surface area contributed by atoms with Crippen molar-refractivity contribution in [3.8, 4) is 23.0 Å². The second-order valence-electron chi connectivity index (χ2n) is 8.97. The van der Waals surface area contributed by atoms with E-state index in [-0.39, 0.29) is 23.0 Å². The molecule has 0 radical (unpaired) electrons. The standard InChI is InChI=1S/C34H20O10/c35-29-25(31(37)41-21-13-5-1-6-14-21)26(32(38)42-22-15-7-2-8-16-22)30(36)28(34(40)44-24-19-11-4-12-20-24)27(29)33(39)43-23-17-9-3-10-18-23/h1-20H. The Morgan fingerprint density at radius 2 is 0.500 bits per heavy atom. The minimum atomic E-state index is -1.48. The second kappa shape index (κ2) is 13.0. The maximum absolute atomic E-state index is 14.0. The lowest BCUT2D eigenvalue weighted by Gasteiger charge is -2.21. The first-order valence-electron chi connectivity index (χ1n) is 13.0. The molecule has 0 N–H and O–H groups in total. The van der Waals surface area contributed by atoms with Gasteiger partial charge in [0, 0.05) is 0 Å². The van der Waals surface area contributed by atoms with Crippen LogP contribution in [0.1, 0.15) is 0 Å². The molecule has 0 saturated heterocycles. The highest BCUT2D eigenvalue weighted by atomic mass is 16.6. The summed E-state index contributed by atoms with van der Waals surface area (Å²) < 4.78 is 21.1. The van der Waals surface area contributed by atoms with Gasteiger partial charge in [0.05, 0.1) is 0 Å². The maximum Gasteiger partial charge on any atom is 0.348 e. The minimum absolute atomic E-state index is 0.0345. The van der Waals surface area contributed by atoms with Gasteiger partial charge in [0.15, 0.2) is 0 Å². The Bertz CT molecular complexity index is 1560. The largest absolute Gasteiger partial charge is 0.423 e. The van der Waals surface area contributed by atoms with E-state index in [2.05, 4.69) is 0 Å². The summed E-state index contributed by atoms with van der Waals surface area (Å²) in [5, 5.41) is 0. The van der Waals surface area contributed by atoms with Gasteiger partial charge >= 0.3 is 23.9 Å². The Balaban J connectivity index is 1.64. The van der Waals surface area contributed by atoms with Gasteiger partial charge in [-0.3, -0.25) is 9.59 Å². The van der Waals surface area contributed by atoms with Gasteiger partial charge in [-0.25, -0.2) is 19.2 Å². The molecule has 44 heavy (non-hydrogen) atoms. The molecule has 0 aromatic heterocycles. The molecule has 0 atom stereocenters. The van der Waals surface area contributed by atoms with E-state index in [1.54, 1.807) is 24.3 Å². The van der Waals surface area contributed by atoms with Crippen molar-refractivity contribution in [1.29, 1.82) is 0 Å². The van der Waals surface area contributed by atoms with Crippen LogP contribution in [0.2, 0.25) is 0 Å². The molecule has 10 nitrogen and oxygen atoms in total. The molecule has 0 saturated carbocycles. The first-order valence-corrected chi connectivity index (χ1v) is 13.0. The molecule has 0 bridgehead atoms. The van der Waals surface area contributed by atoms with E-state index >= 15 is 0 Å². The summed E-state index contributed by atoms with van der Waals surface area (Å²) in [7, 11) is 0. The van der Waals surface area contributed by atoms with Crippen molar-refractivity contribution in [3.05, 3.63) is 144 Å². The van der Waals surface area contributed by atoms with Crippen LogP contribution < -0.4 is 18.9 Å². The lowest BCUT2D eigenvalue weighted by molar-refractivity contribution is -0.140. The van der Waals surface area contributed by atoms with Gasteiger partial charge in [0.2, 0.25) is 11.6 Å². The topological polar surface area (TPSA) is 139 Å². The Morgan fingerprint density at radius 1 is 0.318 bits per heavy atom. The van der Waals surface area contributed by atoms with Crippen LogP contribution in [-0.2, 0) is 28.8 Å². The van der Waals surface area contributed by atoms with Gasteiger partial charge < -0.3 is 18.9 Å². The molecule has 5 rings (SSSR count). The molecule has 0 heterocycles. The fourth-order valence-corrected chi connectivity index (χ4v) is 4.07. The Morgan fingerprint density at radius 3 is 0.682 bits per heavy atom. The van der Waals surface area contributed by atoms with Crippen molar-refractivity contribution in [2.24, 2.45) is 0 Å². The van der Waals surface area contributed by atoms with Gasteiger partial charge in [-0.15, -0.1) is 0 Å². The van der Waals surface area contributed by atoms with E-state index in [4.69, 9.17) is 18.9 Å². The number of Topliss-reactive ketones (excluding diaryl/α,β-unsaturated/α-hetero) is 2. The molecular weight excluding hydrogens is 568 g/mol. The van der Waals surface area contributed by atoms with Crippen molar-refractivity contribution < 1.29 is 47.7 Å². The molecule has 1 aliphatic carbocycles. The molecule has 4 aromatic rings. The molecule has 0 unspecified atom stereocenters. The fourth-order valence-electron chi connectivity index (χ4n) is 4.07. The molecule has 4 aromatic carbocycles. The number of rotatable bonds is 8. The minimum Gasteiger partial charge on any atom is -0.423 e. The van der Waals surface area contributed by atoms with E-state index < -0.39 is 57.7 Å². The molecule has 0 amide bonds. The van der Waals surface area contributed by atoms with Gasteiger partial charge in [-0.1, -0.05) is 72.8 Å². The van der Waals surface area contributed by atoms with Crippen LogP contribution in [0.3, 0.4) is 0 Å². The summed E-state index contributed by atoms with van der Waals surface area (Å²) in [6, 6.07) is 30.0. The Kier molecular flexibility index (Phi) is 8.62. The average Bonchev–Trinajstić information content (AvgIpc) is 3.03. The van der Waals surface area contributed by atoms with E-state index in [0.717, 1.165) is 0 Å². The number of hydrogen-bond acceptors (Lipinski definition) is 10. The number of carbonyl (C=O) groups is 6. The average molecular weight is 589 g/mol. The third-order valence-electron chi connectivity index (χ3n) is 6.04. The highest BCUT2D eigenvalue weighted by molar-refractivity contribution is 6.50. The number of carbonyl (C=O) groups excluding carboxylic acids is 6. The SMILES string of the molecule is O=C(Oc1ccccc1)C1=C(C(=O)Oc2ccccc2)C(=O)C(C(=O)Oc2ccccc2)=C(C(=O)Oc2ccccc2)C1=O. The monoisotopic (exact) mass is 588 g/mol. The summed E-state index contributed by atoms with van der Waals surface area (Å²) in [4.78, 5) is 81.7. The first kappa shape index (κ1) is 29.1. The van der Waals surface area contributed by atoms with Gasteiger partial charge in [0.25, 0.3) is 0 Å². The van der Waals surface area contributed by atoms with Crippen LogP contribution >= 0.6 is 0 Å². The van der Waals surface area contributed by atoms with E-state index in [1.165, 1.54) is 97.1 Å². The molecule has 1 aliphatic rings. The normalized spacial score (nSPS) is 12.8. The van der Waals surface area contributed by atoms with Crippen molar-refractivity contribution in [2.75, 3.05) is 0 Å². The van der Waals surface area contributed by atoms with Crippen LogP contribution in [0.4, 0.5) is 0 Å². The van der Waals surface area contributed by atoms with Gasteiger partial charge in [0.1, 0.15) is 45.3 Å². The second-order valence-corrected chi connectivity index (χ2v) is 8.97. The maximum atomic E-state index is 14.0. The van der Waals surface area contributed by atoms with Crippen molar-refractivity contribution in [1.82, 2.24) is 0 Å². The number of esters is 4. The van der Waals surface area contributed by atoms with Crippen LogP contribution in [0, 0.1) is 0 Å². The predicted molar refractivity (Wildman–Crippen MR) is 152 cm³/mol. The van der Waals surface area contributed by atoms with Crippen molar-refractivity contribution >= 4 is 35.4 Å². The summed E-state index contributed by atoms with van der Waals surface area (Å²) in [5.74, 6) is -8.89. The zero-order chi connectivity index (χ0) is 31.1. The number of ketones is 2. The molecule has 10 heteroatoms. The summed E-state index contributed by atoms with van der Waals surface area (Å²) >= 11 is 0. The first-order chi connectivity index (χ1) is 21.3. The van der Waals surface area contributed by atoms with E-state index in [9.17, 15) is 28.8 Å². The Labute approximate surface area is 249 Å². The summed E-state index contributed by atoms with van der Waals surface area (Å²) in [6.07, 6.45) is 0. The molecule has 0 fully saturated rings. The zero-order valence-electron chi connectivity index (χ0n) is 22.6. The number of hydrogen-bond donors (Lipinski definition) is 0. The van der Waals surface area contributed by atoms with E-state index in [0.29, 0.717) is 0 Å². The van der Waals surface area contributed by atoms with Crippen LogP contribution in [0.15, 0.2) is 144 Å². The lowest BCUT2D eigenvalue weighted by Crippen LogP contribution is -2.40. The van der Waals surface area contributed by atoms with Crippen molar-refractivity contribution in [3.63, 3.8) is 0 Å². The highest BCUT2D eigenvalue weighted by Crippen LogP contribution is 2.31. The molecular formula is C34H20O10. The number of para-hydroxylation sites is 4. The van der Waals surface area contributed by atoms with Crippen LogP contribution in [0.25, 0.3) is 0 Å². The highest BCUT2D eigenvalue weighted by Gasteiger charge is 2.48. The van der Waals surface area contributed by atoms with Crippen molar-refractivity contribution in [2.45, 2.75) is 0 Å². The fraction of sp³-hybridized carbons (Fsp3) is 0. The third kappa shape index (κ3) is 6.39. The van der Waals surface area contributed by atoms with Gasteiger partial charge in [-0.2, -0.15) is 0 Å². The summed E-state index contributed by atoms with van der Waals surface area (Å²) in [6.45, 7) is 0. The molecule has 0 spiro atoms. The van der Waals surface area contributed by atoms with Crippen LogP contribution in [0.5, 0.6) is 23.0 Å². The molecule has 0 aliphatic heterocycles. The number of ether oxygens (including phenoxy) is 4. The zero-order valence-corrected chi connectivity index (χ0v) is 22.6. The van der Waals surface area contributed by atoms with E-state index in [1.807, 2.05) is 0 Å². The van der Waals surface area contributed by atoms with Gasteiger partial charge in [-0.05, 0) is 48.5 Å². The quantitative estimate of drug-likeness (QED) is 0.128. The molecule has 216 valence electrons. The third-order valence-corrected chi connectivity index (χ3v) is 6.04.